The van der Waals surface area contributed by atoms with Gasteiger partial charge in [0.2, 0.25) is 0 Å². The van der Waals surface area contributed by atoms with E-state index in [9.17, 15) is 0 Å². The Morgan fingerprint density at radius 1 is 1.16 bits per heavy atom. The second-order valence-electron chi connectivity index (χ2n) is 3.90. The van der Waals surface area contributed by atoms with Gasteiger partial charge in [-0.05, 0) is 48.4 Å². The van der Waals surface area contributed by atoms with Crippen molar-refractivity contribution in [2.45, 2.75) is 11.8 Å². The highest BCUT2D eigenvalue weighted by molar-refractivity contribution is 9.10. The second kappa shape index (κ2) is 6.70. The molecule has 0 atom stereocenters. The Labute approximate surface area is 127 Å². The van der Waals surface area contributed by atoms with Crippen molar-refractivity contribution in [2.75, 3.05) is 6.61 Å². The molecule has 0 N–H and O–H groups in total. The topological polar surface area (TPSA) is 9.23 Å². The molecule has 2 rings (SSSR count). The van der Waals surface area contributed by atoms with Crippen molar-refractivity contribution < 1.29 is 4.74 Å². The maximum atomic E-state index is 5.57. The van der Waals surface area contributed by atoms with Crippen molar-refractivity contribution in [1.29, 1.82) is 0 Å². The summed E-state index contributed by atoms with van der Waals surface area (Å²) in [6.45, 7) is 2.20. The first-order valence-corrected chi connectivity index (χ1v) is 7.06. The van der Waals surface area contributed by atoms with Gasteiger partial charge in [0.15, 0.2) is 0 Å². The monoisotopic (exact) mass is 332 g/mol. The first-order valence-electron chi connectivity index (χ1n) is 5.82. The number of ether oxygens (including phenoxy) is 1. The van der Waals surface area contributed by atoms with Gasteiger partial charge in [0, 0.05) is 9.37 Å². The van der Waals surface area contributed by atoms with Crippen molar-refractivity contribution in [3.8, 4) is 28.7 Å². The van der Waals surface area contributed by atoms with Gasteiger partial charge in [-0.25, -0.2) is 0 Å². The molecule has 19 heavy (non-hydrogen) atoms. The lowest BCUT2D eigenvalue weighted by molar-refractivity contribution is 0.370. The summed E-state index contributed by atoms with van der Waals surface area (Å²) < 4.78 is 6.63. The van der Waals surface area contributed by atoms with Gasteiger partial charge in [0.1, 0.15) is 12.4 Å². The highest BCUT2D eigenvalue weighted by atomic mass is 79.9. The summed E-state index contributed by atoms with van der Waals surface area (Å²) in [5, 5.41) is 0. The molecule has 0 radical (unpaired) electrons. The highest BCUT2D eigenvalue weighted by Gasteiger charge is 2.04. The van der Waals surface area contributed by atoms with E-state index >= 15 is 0 Å². The molecule has 2 aromatic carbocycles. The van der Waals surface area contributed by atoms with Crippen LogP contribution in [0, 0.1) is 11.8 Å². The minimum absolute atomic E-state index is 0.405. The highest BCUT2D eigenvalue weighted by Crippen LogP contribution is 2.31. The molecule has 0 heterocycles. The van der Waals surface area contributed by atoms with Crippen LogP contribution >= 0.6 is 28.6 Å². The van der Waals surface area contributed by atoms with Gasteiger partial charge in [-0.3, -0.25) is 0 Å². The molecule has 3 heteroatoms. The minimum Gasteiger partial charge on any atom is -0.481 e. The SMILES string of the molecule is CC#CCOc1ccc(S)c(-c2ccc(Br)cc2)c1. The number of thiol groups is 1. The van der Waals surface area contributed by atoms with Crippen molar-refractivity contribution in [3.63, 3.8) is 0 Å². The molecule has 0 spiro atoms. The Hall–Kier alpha value is -1.37. The Bertz CT molecular complexity index is 623. The Kier molecular flexibility index (Phi) is 4.95. The van der Waals surface area contributed by atoms with E-state index in [1.807, 2.05) is 30.3 Å². The first kappa shape index (κ1) is 14.0. The van der Waals surface area contributed by atoms with E-state index in [1.54, 1.807) is 6.92 Å². The van der Waals surface area contributed by atoms with E-state index in [-0.39, 0.29) is 0 Å². The summed E-state index contributed by atoms with van der Waals surface area (Å²) in [4.78, 5) is 0.927. The fraction of sp³-hybridized carbons (Fsp3) is 0.125. The second-order valence-corrected chi connectivity index (χ2v) is 5.30. The Morgan fingerprint density at radius 3 is 2.58 bits per heavy atom. The van der Waals surface area contributed by atoms with Crippen molar-refractivity contribution in [1.82, 2.24) is 0 Å². The van der Waals surface area contributed by atoms with E-state index in [4.69, 9.17) is 4.74 Å². The molecule has 0 aliphatic carbocycles. The molecule has 0 unspecified atom stereocenters. The minimum atomic E-state index is 0.405. The zero-order chi connectivity index (χ0) is 13.7. The molecule has 0 bridgehead atoms. The molecular weight excluding hydrogens is 320 g/mol. The molecule has 0 aliphatic rings. The van der Waals surface area contributed by atoms with Crippen LogP contribution in [0.4, 0.5) is 0 Å². The van der Waals surface area contributed by atoms with Gasteiger partial charge in [-0.15, -0.1) is 18.5 Å². The van der Waals surface area contributed by atoms with Crippen molar-refractivity contribution in [2.24, 2.45) is 0 Å². The lowest BCUT2D eigenvalue weighted by Gasteiger charge is -2.09. The first-order chi connectivity index (χ1) is 9.20. The van der Waals surface area contributed by atoms with Crippen molar-refractivity contribution >= 4 is 28.6 Å². The normalized spacial score (nSPS) is 9.63. The fourth-order valence-corrected chi connectivity index (χ4v) is 2.19. The fourth-order valence-electron chi connectivity index (χ4n) is 1.66. The lowest BCUT2D eigenvalue weighted by atomic mass is 10.1. The summed E-state index contributed by atoms with van der Waals surface area (Å²) >= 11 is 7.93. The van der Waals surface area contributed by atoms with E-state index in [1.165, 1.54) is 0 Å². The zero-order valence-electron chi connectivity index (χ0n) is 10.5. The number of halogens is 1. The molecule has 96 valence electrons. The van der Waals surface area contributed by atoms with Gasteiger partial charge in [0.05, 0.1) is 0 Å². The largest absolute Gasteiger partial charge is 0.481 e. The third kappa shape index (κ3) is 3.79. The molecule has 0 saturated carbocycles. The van der Waals surface area contributed by atoms with Gasteiger partial charge in [-0.2, -0.15) is 0 Å². The smallest absolute Gasteiger partial charge is 0.149 e. The van der Waals surface area contributed by atoms with Gasteiger partial charge < -0.3 is 4.74 Å². The van der Waals surface area contributed by atoms with Gasteiger partial charge in [0.25, 0.3) is 0 Å². The van der Waals surface area contributed by atoms with Crippen LogP contribution in [0.25, 0.3) is 11.1 Å². The van der Waals surface area contributed by atoms with Gasteiger partial charge >= 0.3 is 0 Å². The lowest BCUT2D eigenvalue weighted by Crippen LogP contribution is -1.94. The summed E-state index contributed by atoms with van der Waals surface area (Å²) in [5.74, 6) is 6.49. The third-order valence-electron chi connectivity index (χ3n) is 2.61. The van der Waals surface area contributed by atoms with Crippen LogP contribution in [0.5, 0.6) is 5.75 Å². The third-order valence-corrected chi connectivity index (χ3v) is 3.53. The zero-order valence-corrected chi connectivity index (χ0v) is 13.0. The molecule has 0 amide bonds. The van der Waals surface area contributed by atoms with Gasteiger partial charge in [-0.1, -0.05) is 34.0 Å². The average molecular weight is 333 g/mol. The summed E-state index contributed by atoms with van der Waals surface area (Å²) in [6.07, 6.45) is 0. The van der Waals surface area contributed by atoms with Crippen LogP contribution in [0.15, 0.2) is 51.8 Å². The average Bonchev–Trinajstić information content (AvgIpc) is 2.42. The molecule has 0 saturated heterocycles. The Balaban J connectivity index is 2.30. The molecular formula is C16H13BrOS. The van der Waals surface area contributed by atoms with Crippen LogP contribution in [0.2, 0.25) is 0 Å². The Morgan fingerprint density at radius 2 is 1.89 bits per heavy atom. The predicted molar refractivity (Wildman–Crippen MR) is 85.8 cm³/mol. The number of hydrogen-bond acceptors (Lipinski definition) is 2. The molecule has 1 nitrogen and oxygen atoms in total. The maximum Gasteiger partial charge on any atom is 0.149 e. The van der Waals surface area contributed by atoms with Crippen LogP contribution in [-0.4, -0.2) is 6.61 Å². The molecule has 0 aliphatic heterocycles. The van der Waals surface area contributed by atoms with Crippen molar-refractivity contribution in [3.05, 3.63) is 46.9 Å². The van der Waals surface area contributed by atoms with E-state index < -0.39 is 0 Å². The van der Waals surface area contributed by atoms with E-state index in [2.05, 4.69) is 52.5 Å². The van der Waals surface area contributed by atoms with Crippen LogP contribution in [0.3, 0.4) is 0 Å². The molecule has 2 aromatic rings. The number of benzene rings is 2. The summed E-state index contributed by atoms with van der Waals surface area (Å²) in [5.41, 5.74) is 2.16. The maximum absolute atomic E-state index is 5.57. The molecule has 0 fully saturated rings. The van der Waals surface area contributed by atoms with E-state index in [0.29, 0.717) is 6.61 Å². The summed E-state index contributed by atoms with van der Waals surface area (Å²) in [6, 6.07) is 14.0. The quantitative estimate of drug-likeness (QED) is 0.627. The van der Waals surface area contributed by atoms with E-state index in [0.717, 1.165) is 26.2 Å². The number of hydrogen-bond donors (Lipinski definition) is 1. The molecule has 0 aromatic heterocycles. The van der Waals surface area contributed by atoms with Crippen LogP contribution in [-0.2, 0) is 0 Å². The standard InChI is InChI=1S/C16H13BrOS/c1-2-3-10-18-14-8-9-16(19)15(11-14)12-4-6-13(17)7-5-12/h4-9,11,19H,10H2,1H3. The van der Waals surface area contributed by atoms with Crippen LogP contribution < -0.4 is 4.74 Å². The number of rotatable bonds is 3. The van der Waals surface area contributed by atoms with Crippen LogP contribution in [0.1, 0.15) is 6.92 Å². The predicted octanol–water partition coefficient (Wildman–Crippen LogP) is 4.81. The summed E-state index contributed by atoms with van der Waals surface area (Å²) in [7, 11) is 0.